The Morgan fingerprint density at radius 2 is 1.22 bits per heavy atom. The zero-order valence-corrected chi connectivity index (χ0v) is 19.1. The van der Waals surface area contributed by atoms with Crippen LogP contribution in [0.1, 0.15) is 28.0 Å². The fraction of sp³-hybridized carbons (Fsp3) is 0.160. The van der Waals surface area contributed by atoms with E-state index in [4.69, 9.17) is 33.3 Å². The van der Waals surface area contributed by atoms with Gasteiger partial charge >= 0.3 is 17.9 Å². The first-order valence-corrected chi connectivity index (χ1v) is 10.7. The first kappa shape index (κ1) is 25.0. The van der Waals surface area contributed by atoms with Gasteiger partial charge in [-0.3, -0.25) is 14.4 Å². The number of hydrogen-bond donors (Lipinski definition) is 2. The van der Waals surface area contributed by atoms with Crippen LogP contribution in [0.3, 0.4) is 0 Å². The van der Waals surface area contributed by atoms with Gasteiger partial charge in [-0.05, 0) is 24.3 Å². The molecule has 2 aromatic heterocycles. The van der Waals surface area contributed by atoms with E-state index < -0.39 is 46.4 Å². The van der Waals surface area contributed by atoms with Crippen LogP contribution >= 0.6 is 0 Å². The van der Waals surface area contributed by atoms with E-state index in [2.05, 4.69) is 0 Å². The van der Waals surface area contributed by atoms with Crippen LogP contribution in [0.5, 0.6) is 11.5 Å². The molecule has 0 saturated heterocycles. The molecule has 12 nitrogen and oxygen atoms in total. The van der Waals surface area contributed by atoms with Crippen molar-refractivity contribution in [2.75, 3.05) is 13.2 Å². The Balaban J connectivity index is 1.57. The van der Waals surface area contributed by atoms with E-state index >= 15 is 0 Å². The van der Waals surface area contributed by atoms with Gasteiger partial charge in [0.15, 0.2) is 17.0 Å². The summed E-state index contributed by atoms with van der Waals surface area (Å²) in [5, 5.41) is 18.2. The third-order valence-electron chi connectivity index (χ3n) is 5.04. The Morgan fingerprint density at radius 3 is 1.59 bits per heavy atom. The number of esters is 1. The van der Waals surface area contributed by atoms with Gasteiger partial charge in [-0.1, -0.05) is 12.1 Å². The van der Waals surface area contributed by atoms with E-state index in [1.165, 1.54) is 43.3 Å². The average molecular weight is 510 g/mol. The minimum absolute atomic E-state index is 0.00381. The van der Waals surface area contributed by atoms with E-state index in [0.29, 0.717) is 0 Å². The molecular weight excluding hydrogens is 492 g/mol. The molecule has 4 aromatic rings. The maximum Gasteiger partial charge on any atom is 0.371 e. The molecule has 0 radical (unpaired) electrons. The van der Waals surface area contributed by atoms with Gasteiger partial charge in [-0.15, -0.1) is 0 Å². The topological polar surface area (TPSA) is 180 Å². The number of carbonyl (C=O) groups is 3. The summed E-state index contributed by atoms with van der Waals surface area (Å²) in [5.41, 5.74) is -1.30. The zero-order valence-electron chi connectivity index (χ0n) is 19.1. The highest BCUT2D eigenvalue weighted by atomic mass is 16.6. The lowest BCUT2D eigenvalue weighted by Gasteiger charge is -2.19. The first-order valence-electron chi connectivity index (χ1n) is 10.7. The van der Waals surface area contributed by atoms with E-state index in [1.54, 1.807) is 0 Å². The Bertz CT molecular complexity index is 1530. The lowest BCUT2D eigenvalue weighted by molar-refractivity contribution is -0.149. The normalized spacial score (nSPS) is 11.0. The molecule has 4 rings (SSSR count). The number of ether oxygens (including phenoxy) is 3. The molecule has 0 aliphatic rings. The quantitative estimate of drug-likeness (QED) is 0.315. The largest absolute Gasteiger partial charge is 0.489 e. The molecule has 2 heterocycles. The van der Waals surface area contributed by atoms with Gasteiger partial charge in [-0.2, -0.15) is 0 Å². The Hall–Kier alpha value is -5.13. The molecule has 0 saturated carbocycles. The zero-order chi connectivity index (χ0) is 26.7. The second-order valence-corrected chi connectivity index (χ2v) is 7.67. The maximum absolute atomic E-state index is 12.5. The van der Waals surface area contributed by atoms with Crippen LogP contribution in [0.2, 0.25) is 0 Å². The van der Waals surface area contributed by atoms with Crippen molar-refractivity contribution in [2.45, 2.75) is 13.0 Å². The van der Waals surface area contributed by atoms with E-state index in [1.807, 2.05) is 0 Å². The number of hydrogen-bond acceptors (Lipinski definition) is 10. The predicted octanol–water partition coefficient (Wildman–Crippen LogP) is 2.69. The number of carbonyl (C=O) groups excluding carboxylic acids is 1. The molecule has 0 fully saturated rings. The summed E-state index contributed by atoms with van der Waals surface area (Å²) in [7, 11) is 0. The van der Waals surface area contributed by atoms with E-state index in [-0.39, 0.29) is 46.7 Å². The second kappa shape index (κ2) is 10.2. The van der Waals surface area contributed by atoms with Gasteiger partial charge in [0, 0.05) is 19.1 Å². The molecule has 2 aromatic carbocycles. The summed E-state index contributed by atoms with van der Waals surface area (Å²) in [6.45, 7) is 0.621. The number of carboxylic acids is 2. The van der Waals surface area contributed by atoms with Crippen LogP contribution in [-0.4, -0.2) is 47.4 Å². The van der Waals surface area contributed by atoms with Gasteiger partial charge in [0.05, 0.1) is 0 Å². The van der Waals surface area contributed by atoms with Gasteiger partial charge < -0.3 is 33.3 Å². The van der Waals surface area contributed by atoms with Gasteiger partial charge in [0.2, 0.25) is 11.5 Å². The van der Waals surface area contributed by atoms with Crippen molar-refractivity contribution in [3.63, 3.8) is 0 Å². The molecule has 12 heteroatoms. The minimum Gasteiger partial charge on any atom is -0.489 e. The molecule has 0 aliphatic heterocycles. The Labute approximate surface area is 206 Å². The highest BCUT2D eigenvalue weighted by Gasteiger charge is 2.20. The molecule has 0 unspecified atom stereocenters. The molecule has 0 atom stereocenters. The van der Waals surface area contributed by atoms with Gasteiger partial charge in [-0.25, -0.2) is 9.59 Å². The predicted molar refractivity (Wildman–Crippen MR) is 125 cm³/mol. The van der Waals surface area contributed by atoms with E-state index in [0.717, 1.165) is 12.1 Å². The Morgan fingerprint density at radius 1 is 0.784 bits per heavy atom. The average Bonchev–Trinajstić information content (AvgIpc) is 2.84. The number of aromatic carboxylic acids is 2. The SMILES string of the molecule is CC(=O)OC(COc1cccc2oc(C(=O)O)cc(=O)c12)COc1cccc2oc(C(=O)O)cc(=O)c12. The molecule has 0 spiro atoms. The van der Waals surface area contributed by atoms with Crippen LogP contribution in [0.15, 0.2) is 67.0 Å². The van der Waals surface area contributed by atoms with Gasteiger partial charge in [0.25, 0.3) is 0 Å². The van der Waals surface area contributed by atoms with Crippen LogP contribution < -0.4 is 20.3 Å². The third-order valence-corrected chi connectivity index (χ3v) is 5.04. The molecule has 190 valence electrons. The van der Waals surface area contributed by atoms with Crippen molar-refractivity contribution < 1.29 is 47.6 Å². The van der Waals surface area contributed by atoms with Crippen molar-refractivity contribution in [2.24, 2.45) is 0 Å². The monoisotopic (exact) mass is 510 g/mol. The van der Waals surface area contributed by atoms with Crippen molar-refractivity contribution in [3.05, 3.63) is 80.5 Å². The van der Waals surface area contributed by atoms with Crippen LogP contribution in [-0.2, 0) is 9.53 Å². The first-order chi connectivity index (χ1) is 17.6. The van der Waals surface area contributed by atoms with Crippen LogP contribution in [0, 0.1) is 0 Å². The van der Waals surface area contributed by atoms with Crippen LogP contribution in [0.4, 0.5) is 0 Å². The smallest absolute Gasteiger partial charge is 0.371 e. The van der Waals surface area contributed by atoms with E-state index in [9.17, 15) is 24.0 Å². The van der Waals surface area contributed by atoms with Crippen molar-refractivity contribution in [1.82, 2.24) is 0 Å². The lowest BCUT2D eigenvalue weighted by atomic mass is 10.2. The van der Waals surface area contributed by atoms with Crippen molar-refractivity contribution >= 4 is 39.8 Å². The standard InChI is InChI=1S/C25H18O12/c1-12(26)35-13(10-33-16-4-2-6-18-22(16)14(27)8-20(36-18)24(29)30)11-34-17-5-3-7-19-23(17)15(28)9-21(37-19)25(31)32/h2-9,13H,10-11H2,1H3,(H,29,30)(H,31,32). The number of carboxylic acid groups (broad SMARTS) is 2. The summed E-state index contributed by atoms with van der Waals surface area (Å²) in [6.07, 6.45) is -1.00. The maximum atomic E-state index is 12.5. The van der Waals surface area contributed by atoms with Crippen LogP contribution in [0.25, 0.3) is 21.9 Å². The summed E-state index contributed by atoms with van der Waals surface area (Å²) < 4.78 is 27.1. The van der Waals surface area contributed by atoms with Crippen molar-refractivity contribution in [3.8, 4) is 11.5 Å². The second-order valence-electron chi connectivity index (χ2n) is 7.67. The lowest BCUT2D eigenvalue weighted by Crippen LogP contribution is -2.30. The molecule has 37 heavy (non-hydrogen) atoms. The fourth-order valence-electron chi connectivity index (χ4n) is 3.52. The molecule has 0 bridgehead atoms. The third kappa shape index (κ3) is 5.42. The number of rotatable bonds is 9. The molecule has 0 aliphatic carbocycles. The van der Waals surface area contributed by atoms with Crippen molar-refractivity contribution in [1.29, 1.82) is 0 Å². The highest BCUT2D eigenvalue weighted by Crippen LogP contribution is 2.25. The summed E-state index contributed by atoms with van der Waals surface area (Å²) >= 11 is 0. The molecular formula is C25H18O12. The summed E-state index contributed by atoms with van der Waals surface area (Å²) in [5.74, 6) is -4.39. The van der Waals surface area contributed by atoms with Gasteiger partial charge in [0.1, 0.15) is 46.7 Å². The minimum atomic E-state index is -1.40. The summed E-state index contributed by atoms with van der Waals surface area (Å²) in [4.78, 5) is 58.9. The number of fused-ring (bicyclic) bond motifs is 2. The Kier molecular flexibility index (Phi) is 6.91. The highest BCUT2D eigenvalue weighted by molar-refractivity contribution is 5.90. The number of benzene rings is 2. The fourth-order valence-corrected chi connectivity index (χ4v) is 3.52. The molecule has 2 N–H and O–H groups in total. The molecule has 0 amide bonds. The summed E-state index contributed by atoms with van der Waals surface area (Å²) in [6, 6.07) is 10.4.